The number of nitrogens with one attached hydrogen (secondary N) is 2. The highest BCUT2D eigenvalue weighted by Gasteiger charge is 2.14. The van der Waals surface area contributed by atoms with Gasteiger partial charge in [0.2, 0.25) is 0 Å². The van der Waals surface area contributed by atoms with E-state index in [1.807, 2.05) is 10.9 Å². The first-order valence-electron chi connectivity index (χ1n) is 11.5. The maximum atomic E-state index is 11.4. The maximum absolute atomic E-state index is 11.4. The predicted molar refractivity (Wildman–Crippen MR) is 117 cm³/mol. The predicted octanol–water partition coefficient (Wildman–Crippen LogP) is 5.12. The van der Waals surface area contributed by atoms with Crippen LogP contribution in [0.5, 0.6) is 0 Å². The van der Waals surface area contributed by atoms with Crippen molar-refractivity contribution in [3.05, 3.63) is 12.7 Å². The molecule has 29 heavy (non-hydrogen) atoms. The standard InChI is InChI=1S/C23H42N2O4/c1-3-5-6-7-8-9-10-11-12-13-14-15-16-17-18-19-20-29-23(28)22(27)25-24-21(26)4-2/h4H,2-3,5-20H2,1H3,(H,24,26)(H,25,27). The Morgan fingerprint density at radius 3 is 1.52 bits per heavy atom. The van der Waals surface area contributed by atoms with Gasteiger partial charge >= 0.3 is 11.9 Å². The van der Waals surface area contributed by atoms with Gasteiger partial charge in [0, 0.05) is 0 Å². The zero-order valence-electron chi connectivity index (χ0n) is 18.4. The number of unbranched alkanes of at least 4 members (excludes halogenated alkanes) is 15. The average Bonchev–Trinajstić information content (AvgIpc) is 2.73. The molecule has 0 radical (unpaired) electrons. The minimum absolute atomic E-state index is 0.222. The minimum Gasteiger partial charge on any atom is -0.459 e. The summed E-state index contributed by atoms with van der Waals surface area (Å²) < 4.78 is 4.86. The summed E-state index contributed by atoms with van der Waals surface area (Å²) in [6.07, 6.45) is 21.4. The molecule has 0 rings (SSSR count). The first kappa shape index (κ1) is 27.1. The van der Waals surface area contributed by atoms with E-state index in [4.69, 9.17) is 4.74 Å². The van der Waals surface area contributed by atoms with E-state index in [2.05, 4.69) is 13.5 Å². The molecule has 6 nitrogen and oxygen atoms in total. The summed E-state index contributed by atoms with van der Waals surface area (Å²) in [6, 6.07) is 0. The Hall–Kier alpha value is -1.85. The van der Waals surface area contributed by atoms with E-state index >= 15 is 0 Å². The fourth-order valence-electron chi connectivity index (χ4n) is 3.10. The largest absolute Gasteiger partial charge is 0.459 e. The molecular formula is C23H42N2O4. The lowest BCUT2D eigenvalue weighted by Crippen LogP contribution is -2.44. The number of ether oxygens (including phenoxy) is 1. The number of amides is 2. The SMILES string of the molecule is C=CC(=O)NNC(=O)C(=O)OCCCCCCCCCCCCCCCCCC. The Labute approximate surface area is 177 Å². The number of hydrogen-bond donors (Lipinski definition) is 2. The highest BCUT2D eigenvalue weighted by molar-refractivity contribution is 6.32. The van der Waals surface area contributed by atoms with Crippen molar-refractivity contribution in [3.8, 4) is 0 Å². The van der Waals surface area contributed by atoms with Crippen molar-refractivity contribution >= 4 is 17.8 Å². The normalized spacial score (nSPS) is 10.4. The van der Waals surface area contributed by atoms with Crippen molar-refractivity contribution in [1.82, 2.24) is 10.9 Å². The molecule has 2 amide bonds. The molecule has 0 aliphatic heterocycles. The fourth-order valence-corrected chi connectivity index (χ4v) is 3.10. The second-order valence-electron chi connectivity index (χ2n) is 7.59. The Morgan fingerprint density at radius 1 is 0.690 bits per heavy atom. The van der Waals surface area contributed by atoms with Gasteiger partial charge in [0.05, 0.1) is 6.61 Å². The highest BCUT2D eigenvalue weighted by Crippen LogP contribution is 2.13. The van der Waals surface area contributed by atoms with Crippen LogP contribution in [0.15, 0.2) is 12.7 Å². The summed E-state index contributed by atoms with van der Waals surface area (Å²) >= 11 is 0. The van der Waals surface area contributed by atoms with E-state index in [0.29, 0.717) is 0 Å². The number of rotatable bonds is 18. The van der Waals surface area contributed by atoms with Crippen molar-refractivity contribution in [1.29, 1.82) is 0 Å². The van der Waals surface area contributed by atoms with Gasteiger partial charge in [-0.2, -0.15) is 0 Å². The highest BCUT2D eigenvalue weighted by atomic mass is 16.5. The van der Waals surface area contributed by atoms with Crippen molar-refractivity contribution in [2.24, 2.45) is 0 Å². The Balaban J connectivity index is 3.27. The Bertz CT molecular complexity index is 452. The molecule has 0 fully saturated rings. The third-order valence-corrected chi connectivity index (χ3v) is 4.90. The molecule has 0 aliphatic rings. The maximum Gasteiger partial charge on any atom is 0.398 e. The summed E-state index contributed by atoms with van der Waals surface area (Å²) in [5, 5.41) is 0. The van der Waals surface area contributed by atoms with Gasteiger partial charge in [0.1, 0.15) is 0 Å². The molecule has 0 unspecified atom stereocenters. The van der Waals surface area contributed by atoms with Gasteiger partial charge in [-0.25, -0.2) is 4.79 Å². The first-order chi connectivity index (χ1) is 14.1. The molecule has 0 aromatic rings. The molecule has 0 bridgehead atoms. The van der Waals surface area contributed by atoms with Gasteiger partial charge in [-0.15, -0.1) is 0 Å². The number of esters is 1. The van der Waals surface area contributed by atoms with Gasteiger partial charge < -0.3 is 4.74 Å². The summed E-state index contributed by atoms with van der Waals surface area (Å²) in [4.78, 5) is 33.6. The average molecular weight is 411 g/mol. The van der Waals surface area contributed by atoms with Crippen LogP contribution in [0.4, 0.5) is 0 Å². The van der Waals surface area contributed by atoms with Gasteiger partial charge in [-0.1, -0.05) is 110 Å². The van der Waals surface area contributed by atoms with Crippen molar-refractivity contribution in [2.75, 3.05) is 6.61 Å². The second kappa shape index (κ2) is 20.9. The van der Waals surface area contributed by atoms with E-state index in [1.54, 1.807) is 0 Å². The lowest BCUT2D eigenvalue weighted by molar-refractivity contribution is -0.155. The van der Waals surface area contributed by atoms with E-state index < -0.39 is 17.8 Å². The molecule has 0 aliphatic carbocycles. The summed E-state index contributed by atoms with van der Waals surface area (Å²) in [5.74, 6) is -2.57. The molecule has 168 valence electrons. The monoisotopic (exact) mass is 410 g/mol. The molecule has 0 atom stereocenters. The van der Waals surface area contributed by atoms with Crippen LogP contribution in [0.2, 0.25) is 0 Å². The summed E-state index contributed by atoms with van der Waals surface area (Å²) in [7, 11) is 0. The Kier molecular flexibility index (Phi) is 19.5. The molecule has 0 saturated carbocycles. The molecule has 0 saturated heterocycles. The molecule has 2 N–H and O–H groups in total. The molecule has 0 aromatic heterocycles. The number of carbonyl (C=O) groups excluding carboxylic acids is 3. The molecule has 0 heterocycles. The fraction of sp³-hybridized carbons (Fsp3) is 0.783. The van der Waals surface area contributed by atoms with Crippen LogP contribution < -0.4 is 10.9 Å². The van der Waals surface area contributed by atoms with Gasteiger partial charge in [-0.3, -0.25) is 20.4 Å². The number of hydrogen-bond acceptors (Lipinski definition) is 4. The second-order valence-corrected chi connectivity index (χ2v) is 7.59. The van der Waals surface area contributed by atoms with Crippen molar-refractivity contribution in [3.63, 3.8) is 0 Å². The lowest BCUT2D eigenvalue weighted by atomic mass is 10.0. The first-order valence-corrected chi connectivity index (χ1v) is 11.5. The third kappa shape index (κ3) is 19.2. The van der Waals surface area contributed by atoms with Crippen LogP contribution in [-0.2, 0) is 19.1 Å². The quantitative estimate of drug-likeness (QED) is 0.108. The topological polar surface area (TPSA) is 84.5 Å². The minimum atomic E-state index is -0.990. The van der Waals surface area contributed by atoms with Crippen LogP contribution in [0.25, 0.3) is 0 Å². The zero-order valence-corrected chi connectivity index (χ0v) is 18.4. The van der Waals surface area contributed by atoms with Gasteiger partial charge in [-0.05, 0) is 12.5 Å². The third-order valence-electron chi connectivity index (χ3n) is 4.90. The summed E-state index contributed by atoms with van der Waals surface area (Å²) in [6.45, 7) is 5.71. The van der Waals surface area contributed by atoms with Gasteiger partial charge in [0.25, 0.3) is 5.91 Å². The van der Waals surface area contributed by atoms with Crippen LogP contribution in [0.3, 0.4) is 0 Å². The number of hydrazine groups is 1. The molecule has 0 aromatic carbocycles. The van der Waals surface area contributed by atoms with Crippen molar-refractivity contribution in [2.45, 2.75) is 110 Å². The van der Waals surface area contributed by atoms with Crippen LogP contribution in [0.1, 0.15) is 110 Å². The molecular weight excluding hydrogens is 368 g/mol. The van der Waals surface area contributed by atoms with Crippen molar-refractivity contribution < 1.29 is 19.1 Å². The van der Waals surface area contributed by atoms with Gasteiger partial charge in [0.15, 0.2) is 0 Å². The summed E-state index contributed by atoms with van der Waals surface area (Å²) in [5.41, 5.74) is 3.97. The van der Waals surface area contributed by atoms with Crippen LogP contribution in [-0.4, -0.2) is 24.4 Å². The molecule has 6 heteroatoms. The smallest absolute Gasteiger partial charge is 0.398 e. The lowest BCUT2D eigenvalue weighted by Gasteiger charge is -2.06. The number of carbonyl (C=O) groups is 3. The molecule has 0 spiro atoms. The van der Waals surface area contributed by atoms with Crippen LogP contribution in [0, 0.1) is 0 Å². The van der Waals surface area contributed by atoms with Crippen LogP contribution >= 0.6 is 0 Å². The Morgan fingerprint density at radius 2 is 1.10 bits per heavy atom. The van der Waals surface area contributed by atoms with E-state index in [0.717, 1.165) is 25.3 Å². The van der Waals surface area contributed by atoms with E-state index in [-0.39, 0.29) is 6.61 Å². The van der Waals surface area contributed by atoms with E-state index in [1.165, 1.54) is 83.5 Å². The zero-order chi connectivity index (χ0) is 21.6. The van der Waals surface area contributed by atoms with E-state index in [9.17, 15) is 14.4 Å².